The molecule has 0 rings (SSSR count). The third-order valence-corrected chi connectivity index (χ3v) is 2.21. The number of hydrogen-bond acceptors (Lipinski definition) is 3. The van der Waals surface area contributed by atoms with E-state index in [-0.39, 0.29) is 12.1 Å². The summed E-state index contributed by atoms with van der Waals surface area (Å²) >= 11 is 0. The van der Waals surface area contributed by atoms with E-state index in [2.05, 4.69) is 24.1 Å². The molecule has 96 valence electrons. The molecule has 0 aliphatic carbocycles. The Labute approximate surface area is 99.3 Å². The van der Waals surface area contributed by atoms with Crippen LogP contribution in [0.25, 0.3) is 0 Å². The molecule has 1 amide bonds. The molecule has 0 unspecified atom stereocenters. The van der Waals surface area contributed by atoms with Crippen LogP contribution in [-0.4, -0.2) is 42.3 Å². The molecule has 1 atom stereocenters. The van der Waals surface area contributed by atoms with E-state index in [9.17, 15) is 4.79 Å². The van der Waals surface area contributed by atoms with Crippen molar-refractivity contribution >= 4 is 6.09 Å². The molecule has 0 aromatic carbocycles. The Morgan fingerprint density at radius 3 is 2.19 bits per heavy atom. The molecule has 16 heavy (non-hydrogen) atoms. The lowest BCUT2D eigenvalue weighted by Crippen LogP contribution is -2.44. The minimum atomic E-state index is -0.437. The second-order valence-corrected chi connectivity index (χ2v) is 5.58. The third-order valence-electron chi connectivity index (χ3n) is 2.21. The smallest absolute Gasteiger partial charge is 0.407 e. The predicted octanol–water partition coefficient (Wildman–Crippen LogP) is 2.24. The minimum absolute atomic E-state index is 0.0854. The van der Waals surface area contributed by atoms with Gasteiger partial charge in [0.1, 0.15) is 5.60 Å². The molecule has 0 radical (unpaired) electrons. The number of nitrogens with zero attached hydrogens (tertiary/aromatic N) is 1. The van der Waals surface area contributed by atoms with Crippen LogP contribution in [0.4, 0.5) is 4.79 Å². The van der Waals surface area contributed by atoms with Gasteiger partial charge in [0.15, 0.2) is 0 Å². The van der Waals surface area contributed by atoms with E-state index in [0.717, 1.165) is 6.54 Å². The highest BCUT2D eigenvalue weighted by Crippen LogP contribution is 2.07. The van der Waals surface area contributed by atoms with Crippen molar-refractivity contribution < 1.29 is 9.53 Å². The second kappa shape index (κ2) is 6.09. The summed E-state index contributed by atoms with van der Waals surface area (Å²) in [4.78, 5) is 13.7. The molecule has 4 heteroatoms. The predicted molar refractivity (Wildman–Crippen MR) is 66.6 cm³/mol. The van der Waals surface area contributed by atoms with Gasteiger partial charge in [-0.2, -0.15) is 0 Å². The Morgan fingerprint density at radius 1 is 1.31 bits per heavy atom. The van der Waals surface area contributed by atoms with Crippen LogP contribution in [0.15, 0.2) is 0 Å². The van der Waals surface area contributed by atoms with E-state index in [0.29, 0.717) is 6.04 Å². The zero-order valence-electron chi connectivity index (χ0n) is 11.6. The number of nitrogens with one attached hydrogen (secondary N) is 1. The first-order valence-electron chi connectivity index (χ1n) is 5.81. The van der Waals surface area contributed by atoms with Crippen molar-refractivity contribution in [1.82, 2.24) is 10.2 Å². The monoisotopic (exact) mass is 230 g/mol. The fraction of sp³-hybridized carbons (Fsp3) is 0.917. The number of rotatable bonds is 4. The lowest BCUT2D eigenvalue weighted by atomic mass is 10.2. The number of hydrogen-bond donors (Lipinski definition) is 1. The lowest BCUT2D eigenvalue weighted by Gasteiger charge is -2.26. The zero-order valence-corrected chi connectivity index (χ0v) is 11.6. The van der Waals surface area contributed by atoms with Gasteiger partial charge in [0.05, 0.1) is 0 Å². The van der Waals surface area contributed by atoms with Crippen LogP contribution in [0.1, 0.15) is 41.5 Å². The molecule has 4 nitrogen and oxygen atoms in total. The Balaban J connectivity index is 3.96. The normalized spacial score (nSPS) is 14.1. The lowest BCUT2D eigenvalue weighted by molar-refractivity contribution is 0.0497. The van der Waals surface area contributed by atoms with Gasteiger partial charge >= 0.3 is 6.09 Å². The molecular formula is C12H26N2O2. The van der Waals surface area contributed by atoms with Gasteiger partial charge < -0.3 is 15.0 Å². The SMILES string of the molecule is CC(C)N(C)C[C@H](C)NC(=O)OC(C)(C)C. The summed E-state index contributed by atoms with van der Waals surface area (Å²) in [7, 11) is 2.04. The highest BCUT2D eigenvalue weighted by molar-refractivity contribution is 5.68. The first-order valence-corrected chi connectivity index (χ1v) is 5.81. The average Bonchev–Trinajstić information content (AvgIpc) is 1.98. The van der Waals surface area contributed by atoms with E-state index < -0.39 is 5.60 Å². The summed E-state index contributed by atoms with van der Waals surface area (Å²) in [5.41, 5.74) is -0.437. The van der Waals surface area contributed by atoms with Crippen LogP contribution in [0.3, 0.4) is 0 Å². The highest BCUT2D eigenvalue weighted by Gasteiger charge is 2.18. The Bertz CT molecular complexity index is 222. The fourth-order valence-electron chi connectivity index (χ4n) is 1.20. The average molecular weight is 230 g/mol. The molecule has 0 saturated heterocycles. The standard InChI is InChI=1S/C12H26N2O2/c1-9(2)14(7)8-10(3)13-11(15)16-12(4,5)6/h9-10H,8H2,1-7H3,(H,13,15)/t10-/m0/s1. The van der Waals surface area contributed by atoms with E-state index in [1.807, 2.05) is 34.7 Å². The number of amides is 1. The van der Waals surface area contributed by atoms with Crippen LogP contribution in [-0.2, 0) is 4.74 Å². The third kappa shape index (κ3) is 7.51. The summed E-state index contributed by atoms with van der Waals surface area (Å²) in [6, 6.07) is 0.560. The number of carbonyl (C=O) groups is 1. The van der Waals surface area contributed by atoms with Gasteiger partial charge in [0, 0.05) is 18.6 Å². The summed E-state index contributed by atoms with van der Waals surface area (Å²) in [6.45, 7) is 12.6. The Hall–Kier alpha value is -0.770. The largest absolute Gasteiger partial charge is 0.444 e. The molecule has 0 heterocycles. The Kier molecular flexibility index (Phi) is 5.79. The van der Waals surface area contributed by atoms with Crippen LogP contribution < -0.4 is 5.32 Å². The molecule has 0 aliphatic heterocycles. The van der Waals surface area contributed by atoms with Gasteiger partial charge in [0.2, 0.25) is 0 Å². The highest BCUT2D eigenvalue weighted by atomic mass is 16.6. The molecule has 0 aromatic rings. The van der Waals surface area contributed by atoms with Crippen LogP contribution in [0.5, 0.6) is 0 Å². The molecule has 0 spiro atoms. The van der Waals surface area contributed by atoms with Crippen LogP contribution in [0.2, 0.25) is 0 Å². The van der Waals surface area contributed by atoms with E-state index in [4.69, 9.17) is 4.74 Å². The quantitative estimate of drug-likeness (QED) is 0.805. The number of likely N-dealkylation sites (N-methyl/N-ethyl adjacent to an activating group) is 1. The maximum absolute atomic E-state index is 11.5. The molecule has 0 bridgehead atoms. The van der Waals surface area contributed by atoms with Crippen molar-refractivity contribution in [2.24, 2.45) is 0 Å². The maximum atomic E-state index is 11.5. The molecule has 0 aliphatic rings. The van der Waals surface area contributed by atoms with E-state index in [1.54, 1.807) is 0 Å². The van der Waals surface area contributed by atoms with Crippen LogP contribution >= 0.6 is 0 Å². The summed E-state index contributed by atoms with van der Waals surface area (Å²) in [6.07, 6.45) is -0.350. The van der Waals surface area contributed by atoms with Gasteiger partial charge in [-0.15, -0.1) is 0 Å². The molecule has 0 fully saturated rings. The van der Waals surface area contributed by atoms with Gasteiger partial charge in [-0.3, -0.25) is 0 Å². The van der Waals surface area contributed by atoms with Gasteiger partial charge in [-0.25, -0.2) is 4.79 Å². The van der Waals surface area contributed by atoms with Gasteiger partial charge in [-0.1, -0.05) is 0 Å². The van der Waals surface area contributed by atoms with Crippen molar-refractivity contribution in [2.45, 2.75) is 59.2 Å². The summed E-state index contributed by atoms with van der Waals surface area (Å²) < 4.78 is 5.18. The second-order valence-electron chi connectivity index (χ2n) is 5.58. The molecular weight excluding hydrogens is 204 g/mol. The number of carbonyl (C=O) groups excluding carboxylic acids is 1. The molecule has 1 N–H and O–H groups in total. The van der Waals surface area contributed by atoms with Gasteiger partial charge in [0.25, 0.3) is 0 Å². The minimum Gasteiger partial charge on any atom is -0.444 e. The number of alkyl carbamates (subject to hydrolysis) is 1. The summed E-state index contributed by atoms with van der Waals surface area (Å²) in [5.74, 6) is 0. The maximum Gasteiger partial charge on any atom is 0.407 e. The molecule has 0 aromatic heterocycles. The van der Waals surface area contributed by atoms with Gasteiger partial charge in [-0.05, 0) is 48.6 Å². The van der Waals surface area contributed by atoms with Crippen molar-refractivity contribution in [3.63, 3.8) is 0 Å². The van der Waals surface area contributed by atoms with E-state index in [1.165, 1.54) is 0 Å². The first kappa shape index (κ1) is 15.2. The van der Waals surface area contributed by atoms with Crippen LogP contribution in [0, 0.1) is 0 Å². The first-order chi connectivity index (χ1) is 7.11. The zero-order chi connectivity index (χ0) is 12.9. The van der Waals surface area contributed by atoms with Crippen molar-refractivity contribution in [1.29, 1.82) is 0 Å². The number of ether oxygens (including phenoxy) is 1. The topological polar surface area (TPSA) is 41.6 Å². The van der Waals surface area contributed by atoms with E-state index >= 15 is 0 Å². The fourth-order valence-corrected chi connectivity index (χ4v) is 1.20. The molecule has 0 saturated carbocycles. The van der Waals surface area contributed by atoms with Crippen molar-refractivity contribution in [3.05, 3.63) is 0 Å². The Morgan fingerprint density at radius 2 is 1.81 bits per heavy atom. The summed E-state index contributed by atoms with van der Waals surface area (Å²) in [5, 5.41) is 2.82. The van der Waals surface area contributed by atoms with Crippen molar-refractivity contribution in [2.75, 3.05) is 13.6 Å². The van der Waals surface area contributed by atoms with Crippen molar-refractivity contribution in [3.8, 4) is 0 Å².